The molecule has 8 heteroatoms. The molecule has 0 spiro atoms. The summed E-state index contributed by atoms with van der Waals surface area (Å²) in [5.41, 5.74) is 2.13. The van der Waals surface area contributed by atoms with Gasteiger partial charge in [0.1, 0.15) is 0 Å². The van der Waals surface area contributed by atoms with Crippen LogP contribution in [0.1, 0.15) is 274 Å². The van der Waals surface area contributed by atoms with Crippen molar-refractivity contribution in [2.24, 2.45) is 53.3 Å². The van der Waals surface area contributed by atoms with E-state index in [1.54, 1.807) is 51.1 Å². The number of hydrogen-bond donors (Lipinski definition) is 0. The predicted molar refractivity (Wildman–Crippen MR) is 306 cm³/mol. The van der Waals surface area contributed by atoms with Crippen molar-refractivity contribution in [2.45, 2.75) is 258 Å². The zero-order chi connectivity index (χ0) is 54.8. The first-order valence-electron chi connectivity index (χ1n) is 32.0. The average Bonchev–Trinajstić information content (AvgIpc) is 3.46. The molecule has 0 aliphatic heterocycles. The summed E-state index contributed by atoms with van der Waals surface area (Å²) in [5, 5.41) is 0. The second kappa shape index (κ2) is 31.2. The van der Waals surface area contributed by atoms with Crippen LogP contribution in [0.15, 0.2) is 36.4 Å². The first-order valence-corrected chi connectivity index (χ1v) is 32.0. The maximum Gasteiger partial charge on any atom is 0.200 e. The second-order valence-electron chi connectivity index (χ2n) is 25.4. The lowest BCUT2D eigenvalue weighted by molar-refractivity contribution is 0.155. The number of benzene rings is 3. The van der Waals surface area contributed by atoms with Gasteiger partial charge < -0.3 is 9.47 Å². The molecule has 6 aliphatic carbocycles. The van der Waals surface area contributed by atoms with Crippen LogP contribution < -0.4 is 9.47 Å². The molecular formula is C69H102F6O2. The fourth-order valence-electron chi connectivity index (χ4n) is 16.0. The molecule has 0 saturated heterocycles. The van der Waals surface area contributed by atoms with E-state index in [2.05, 4.69) is 20.8 Å². The predicted octanol–water partition coefficient (Wildman–Crippen LogP) is 22.0. The summed E-state index contributed by atoms with van der Waals surface area (Å²) in [5.74, 6) is 4.22. The Hall–Kier alpha value is -3.16. The smallest absolute Gasteiger partial charge is 0.200 e. The molecule has 0 amide bonds. The van der Waals surface area contributed by atoms with Crippen molar-refractivity contribution in [1.29, 1.82) is 0 Å². The Morgan fingerprint density at radius 1 is 0.338 bits per heavy atom. The maximum absolute atomic E-state index is 14.5. The van der Waals surface area contributed by atoms with Gasteiger partial charge >= 0.3 is 0 Å². The molecule has 0 atom stereocenters. The minimum Gasteiger partial charge on any atom is -0.491 e. The van der Waals surface area contributed by atoms with Crippen LogP contribution in [-0.2, 0) is 0 Å². The number of ether oxygens (including phenoxy) is 2. The quantitative estimate of drug-likeness (QED) is 0.0991. The van der Waals surface area contributed by atoms with Crippen LogP contribution in [-0.4, -0.2) is 13.2 Å². The van der Waals surface area contributed by atoms with Gasteiger partial charge in [0.15, 0.2) is 34.8 Å². The highest BCUT2D eigenvalue weighted by Crippen LogP contribution is 2.49. The molecule has 9 rings (SSSR count). The number of rotatable bonds is 17. The highest BCUT2D eigenvalue weighted by atomic mass is 19.2. The van der Waals surface area contributed by atoms with Gasteiger partial charge in [-0.2, -0.15) is 8.78 Å². The van der Waals surface area contributed by atoms with E-state index in [1.165, 1.54) is 161 Å². The van der Waals surface area contributed by atoms with Crippen molar-refractivity contribution in [3.63, 3.8) is 0 Å². The molecule has 6 saturated carbocycles. The molecule has 0 bridgehead atoms. The van der Waals surface area contributed by atoms with Gasteiger partial charge in [0, 0.05) is 0 Å². The van der Waals surface area contributed by atoms with Crippen molar-refractivity contribution in [2.75, 3.05) is 13.2 Å². The van der Waals surface area contributed by atoms with Gasteiger partial charge in [0.05, 0.1) is 13.2 Å². The highest BCUT2D eigenvalue weighted by molar-refractivity contribution is 5.35. The summed E-state index contributed by atoms with van der Waals surface area (Å²) in [4.78, 5) is 0. The normalized spacial score (nSPS) is 29.8. The summed E-state index contributed by atoms with van der Waals surface area (Å²) in [6, 6.07) is 10.2. The van der Waals surface area contributed by atoms with E-state index in [1.807, 2.05) is 6.07 Å². The Morgan fingerprint density at radius 2 is 0.662 bits per heavy atom. The van der Waals surface area contributed by atoms with Crippen LogP contribution >= 0.6 is 0 Å². The maximum atomic E-state index is 14.5. The van der Waals surface area contributed by atoms with E-state index in [4.69, 9.17) is 9.47 Å². The number of hydrogen-bond acceptors (Lipinski definition) is 2. The van der Waals surface area contributed by atoms with Crippen LogP contribution in [0.3, 0.4) is 0 Å². The van der Waals surface area contributed by atoms with Crippen molar-refractivity contribution in [3.05, 3.63) is 93.6 Å². The third kappa shape index (κ3) is 16.7. The average molecular weight is 1080 g/mol. The lowest BCUT2D eigenvalue weighted by Crippen LogP contribution is -2.25. The number of unbranched alkanes of at least 4 members (excludes halogenated alkanes) is 2. The van der Waals surface area contributed by atoms with Crippen molar-refractivity contribution in [1.82, 2.24) is 0 Å². The van der Waals surface area contributed by atoms with Crippen LogP contribution in [0.4, 0.5) is 26.3 Å². The summed E-state index contributed by atoms with van der Waals surface area (Å²) >= 11 is 0. The standard InChI is InChI=1S/C25H38F2O.C23H34F2O.C21H30F2/c1-3-5-6-7-18-8-10-19(11-9-18)20-12-14-21(15-13-20)22-16-17-23(28-4-2)25(27)24(22)26;1-3-5-16-6-8-17(9-7-16)18-10-12-19(13-11-18)20-14-15-21(26-4-2)23(25)22(20)24;1-3-15-5-7-16(8-6-15)17-9-11-18(12-10-17)19-13-4-14(2)20(22)21(19)23/h16-21H,3-15H2,1-2H3;14-19H,3-13H2,1-2H3;4,13,15-18H,3,5-12H2,1-2H3. The highest BCUT2D eigenvalue weighted by Gasteiger charge is 2.36. The third-order valence-electron chi connectivity index (χ3n) is 20.9. The van der Waals surface area contributed by atoms with Gasteiger partial charge in [0.25, 0.3) is 0 Å². The molecule has 0 unspecified atom stereocenters. The van der Waals surface area contributed by atoms with Crippen LogP contribution in [0, 0.1) is 95.1 Å². The summed E-state index contributed by atoms with van der Waals surface area (Å²) < 4.78 is 95.8. The Labute approximate surface area is 463 Å². The van der Waals surface area contributed by atoms with Gasteiger partial charge in [-0.25, -0.2) is 17.6 Å². The van der Waals surface area contributed by atoms with Gasteiger partial charge in [0.2, 0.25) is 11.6 Å². The largest absolute Gasteiger partial charge is 0.491 e. The molecule has 2 nitrogen and oxygen atoms in total. The molecule has 0 radical (unpaired) electrons. The molecule has 6 aliphatic rings. The van der Waals surface area contributed by atoms with E-state index < -0.39 is 34.9 Å². The zero-order valence-electron chi connectivity index (χ0n) is 48.8. The molecule has 0 N–H and O–H groups in total. The van der Waals surface area contributed by atoms with E-state index in [0.29, 0.717) is 35.5 Å². The SMILES string of the molecule is CCC1CCC(C2CCC(c3ccc(C)c(F)c3F)CC2)CC1.CCCC1CCC(C2CCC(c3ccc(OCC)c(F)c3F)CC2)CC1.CCCCCC1CCC(C2CCC(c3ccc(OCC)c(F)c3F)CC2)CC1. The summed E-state index contributed by atoms with van der Waals surface area (Å²) in [6.45, 7) is 12.8. The van der Waals surface area contributed by atoms with Gasteiger partial charge in [-0.15, -0.1) is 0 Å². The van der Waals surface area contributed by atoms with Crippen molar-refractivity contribution in [3.8, 4) is 11.5 Å². The van der Waals surface area contributed by atoms with Crippen LogP contribution in [0.5, 0.6) is 11.5 Å². The Balaban J connectivity index is 0.000000169. The minimum absolute atomic E-state index is 0.0336. The first-order chi connectivity index (χ1) is 37.4. The Morgan fingerprint density at radius 3 is 1.00 bits per heavy atom. The van der Waals surface area contributed by atoms with Gasteiger partial charge in [-0.3, -0.25) is 0 Å². The summed E-state index contributed by atoms with van der Waals surface area (Å²) in [6.07, 6.45) is 39.4. The van der Waals surface area contributed by atoms with Crippen LogP contribution in [0.25, 0.3) is 0 Å². The monoisotopic (exact) mass is 1080 g/mol. The molecular weight excluding hydrogens is 975 g/mol. The van der Waals surface area contributed by atoms with E-state index in [-0.39, 0.29) is 29.3 Å². The Kier molecular flexibility index (Phi) is 24.9. The number of halogens is 6. The summed E-state index contributed by atoms with van der Waals surface area (Å²) in [7, 11) is 0. The molecule has 77 heavy (non-hydrogen) atoms. The zero-order valence-corrected chi connectivity index (χ0v) is 48.8. The molecule has 6 fully saturated rings. The minimum atomic E-state index is -0.819. The topological polar surface area (TPSA) is 18.5 Å². The van der Waals surface area contributed by atoms with Gasteiger partial charge in [-0.1, -0.05) is 129 Å². The van der Waals surface area contributed by atoms with E-state index in [9.17, 15) is 26.3 Å². The molecule has 3 aromatic rings. The third-order valence-corrected chi connectivity index (χ3v) is 20.9. The van der Waals surface area contributed by atoms with Crippen molar-refractivity contribution >= 4 is 0 Å². The number of aryl methyl sites for hydroxylation is 1. The van der Waals surface area contributed by atoms with E-state index >= 15 is 0 Å². The fourth-order valence-corrected chi connectivity index (χ4v) is 16.0. The first kappa shape index (κ1) is 61.5. The van der Waals surface area contributed by atoms with Crippen molar-refractivity contribution < 1.29 is 35.8 Å². The van der Waals surface area contributed by atoms with Crippen LogP contribution in [0.2, 0.25) is 0 Å². The van der Waals surface area contributed by atoms with Gasteiger partial charge in [-0.05, 0) is 242 Å². The Bertz CT molecular complexity index is 2180. The van der Waals surface area contributed by atoms with E-state index in [0.717, 1.165) is 91.8 Å². The molecule has 0 heterocycles. The lowest BCUT2D eigenvalue weighted by Gasteiger charge is -2.38. The molecule has 0 aromatic heterocycles. The molecule has 432 valence electrons. The fraction of sp³-hybridized carbons (Fsp3) is 0.739. The second-order valence-corrected chi connectivity index (χ2v) is 25.4. The molecule has 3 aromatic carbocycles. The lowest BCUT2D eigenvalue weighted by atomic mass is 9.68.